The lowest BCUT2D eigenvalue weighted by atomic mass is 9.55. The second kappa shape index (κ2) is 7.20. The lowest BCUT2D eigenvalue weighted by Crippen LogP contribution is -2.40. The molecule has 2 saturated carbocycles. The second-order valence-electron chi connectivity index (χ2n) is 10.2. The Morgan fingerprint density at radius 3 is 2.52 bits per heavy atom. The largest absolute Gasteiger partial charge is 0.294 e. The number of rotatable bonds is 2. The molecule has 1 aromatic rings. The molecular formula is C27H30O3S. The van der Waals surface area contributed by atoms with Crippen molar-refractivity contribution in [2.24, 2.45) is 23.2 Å². The Hall–Kier alpha value is -2.12. The fourth-order valence-electron chi connectivity index (χ4n) is 7.04. The number of benzene rings is 1. The summed E-state index contributed by atoms with van der Waals surface area (Å²) in [5, 5.41) is 0. The summed E-state index contributed by atoms with van der Waals surface area (Å²) in [5.74, 6) is 4.69. The number of carbonyl (C=O) groups excluding carboxylic acids is 1. The third kappa shape index (κ3) is 3.24. The van der Waals surface area contributed by atoms with Crippen LogP contribution in [0.3, 0.4) is 0 Å². The van der Waals surface area contributed by atoms with E-state index in [9.17, 15) is 13.2 Å². The molecule has 5 atom stereocenters. The molecule has 0 radical (unpaired) electrons. The van der Waals surface area contributed by atoms with E-state index in [-0.39, 0.29) is 17.1 Å². The maximum Gasteiger partial charge on any atom is 0.175 e. The summed E-state index contributed by atoms with van der Waals surface area (Å²) in [6, 6.07) is 6.89. The quantitative estimate of drug-likeness (QED) is 0.598. The van der Waals surface area contributed by atoms with Gasteiger partial charge in [-0.2, -0.15) is 0 Å². The van der Waals surface area contributed by atoms with E-state index < -0.39 is 9.84 Å². The predicted molar refractivity (Wildman–Crippen MR) is 122 cm³/mol. The molecule has 0 spiro atoms. The number of carbonyl (C=O) groups is 1. The Morgan fingerprint density at radius 2 is 1.84 bits per heavy atom. The second-order valence-corrected chi connectivity index (χ2v) is 12.2. The van der Waals surface area contributed by atoms with Gasteiger partial charge in [0.25, 0.3) is 0 Å². The van der Waals surface area contributed by atoms with Gasteiger partial charge in [0.05, 0.1) is 10.8 Å². The van der Waals surface area contributed by atoms with Crippen molar-refractivity contribution >= 4 is 15.6 Å². The fourth-order valence-corrected chi connectivity index (χ4v) is 7.67. The lowest BCUT2D eigenvalue weighted by molar-refractivity contribution is -0.116. The first-order valence-corrected chi connectivity index (χ1v) is 13.3. The zero-order chi connectivity index (χ0) is 22.0. The van der Waals surface area contributed by atoms with Crippen molar-refractivity contribution in [1.82, 2.24) is 0 Å². The van der Waals surface area contributed by atoms with E-state index in [1.54, 1.807) is 17.7 Å². The summed E-state index contributed by atoms with van der Waals surface area (Å²) in [7, 11) is -3.24. The summed E-state index contributed by atoms with van der Waals surface area (Å²) in [6.45, 7) is 2.42. The molecule has 0 aromatic heterocycles. The summed E-state index contributed by atoms with van der Waals surface area (Å²) in [4.78, 5) is 13.3. The van der Waals surface area contributed by atoms with Gasteiger partial charge in [0, 0.05) is 12.2 Å². The first-order chi connectivity index (χ1) is 14.7. The molecule has 4 heteroatoms. The SMILES string of the molecule is C#C[C@H]1CC[C@H]2[C@@H]3CCC4=CC(=O)C(c5ccc(S(C)(=O)=O)cc5)CC4=C3CC[C@]12C. The van der Waals surface area contributed by atoms with Gasteiger partial charge in [0.2, 0.25) is 0 Å². The van der Waals surface area contributed by atoms with Crippen molar-refractivity contribution in [1.29, 1.82) is 0 Å². The van der Waals surface area contributed by atoms with E-state index in [2.05, 4.69) is 12.8 Å². The molecule has 0 heterocycles. The zero-order valence-electron chi connectivity index (χ0n) is 18.4. The van der Waals surface area contributed by atoms with Crippen LogP contribution < -0.4 is 0 Å². The van der Waals surface area contributed by atoms with Crippen LogP contribution in [0.15, 0.2) is 52.0 Å². The van der Waals surface area contributed by atoms with Crippen molar-refractivity contribution in [2.45, 2.75) is 62.7 Å². The Labute approximate surface area is 185 Å². The minimum Gasteiger partial charge on any atom is -0.294 e. The standard InChI is InChI=1S/C27H30O3S/c1-4-19-8-12-25-22-11-7-18-15-26(28)24(16-23(18)21(22)13-14-27(19,25)2)17-5-9-20(10-6-17)31(3,29)30/h1,5-6,9-10,15,19,22,24-25H,7-8,11-14,16H2,2-3H3/t19-,22+,24?,25-,27+/m0/s1. The highest BCUT2D eigenvalue weighted by atomic mass is 32.2. The van der Waals surface area contributed by atoms with E-state index in [1.165, 1.54) is 23.8 Å². The molecule has 0 amide bonds. The van der Waals surface area contributed by atoms with Crippen molar-refractivity contribution in [3.05, 3.63) is 52.6 Å². The molecule has 3 nitrogen and oxygen atoms in total. The van der Waals surface area contributed by atoms with Gasteiger partial charge in [-0.05, 0) is 97.1 Å². The van der Waals surface area contributed by atoms with Crippen LogP contribution in [0, 0.1) is 35.5 Å². The average Bonchev–Trinajstić information content (AvgIpc) is 3.09. The molecule has 31 heavy (non-hydrogen) atoms. The van der Waals surface area contributed by atoms with Gasteiger partial charge in [-0.1, -0.05) is 24.6 Å². The highest BCUT2D eigenvalue weighted by Gasteiger charge is 2.53. The van der Waals surface area contributed by atoms with E-state index in [0.717, 1.165) is 44.1 Å². The normalized spacial score (nSPS) is 35.0. The van der Waals surface area contributed by atoms with Gasteiger partial charge in [0.1, 0.15) is 0 Å². The Morgan fingerprint density at radius 1 is 1.10 bits per heavy atom. The fraction of sp³-hybridized carbons (Fsp3) is 0.519. The van der Waals surface area contributed by atoms with Crippen molar-refractivity contribution < 1.29 is 13.2 Å². The molecule has 1 aromatic carbocycles. The highest BCUT2D eigenvalue weighted by Crippen LogP contribution is 2.62. The van der Waals surface area contributed by atoms with Crippen LogP contribution in [0.4, 0.5) is 0 Å². The molecule has 4 aliphatic rings. The molecule has 162 valence electrons. The number of sulfone groups is 1. The van der Waals surface area contributed by atoms with Crippen LogP contribution in [0.5, 0.6) is 0 Å². The average molecular weight is 435 g/mol. The van der Waals surface area contributed by atoms with Crippen LogP contribution in [-0.2, 0) is 14.6 Å². The molecule has 0 aliphatic heterocycles. The Bertz CT molecular complexity index is 1150. The minimum absolute atomic E-state index is 0.152. The third-order valence-corrected chi connectivity index (χ3v) is 9.88. The number of allylic oxidation sites excluding steroid dienone is 4. The number of hydrogen-bond donors (Lipinski definition) is 0. The van der Waals surface area contributed by atoms with Crippen molar-refractivity contribution in [3.8, 4) is 12.3 Å². The molecule has 5 rings (SSSR count). The van der Waals surface area contributed by atoms with Gasteiger partial charge in [-0.3, -0.25) is 4.79 Å². The summed E-state index contributed by atoms with van der Waals surface area (Å²) >= 11 is 0. The Kier molecular flexibility index (Phi) is 4.83. The van der Waals surface area contributed by atoms with E-state index in [4.69, 9.17) is 6.42 Å². The van der Waals surface area contributed by atoms with Gasteiger partial charge < -0.3 is 0 Å². The van der Waals surface area contributed by atoms with Gasteiger partial charge in [-0.25, -0.2) is 8.42 Å². The van der Waals surface area contributed by atoms with E-state index in [0.29, 0.717) is 22.6 Å². The molecule has 1 unspecified atom stereocenters. The topological polar surface area (TPSA) is 51.2 Å². The Balaban J connectivity index is 1.49. The number of terminal acetylenes is 1. The molecule has 0 saturated heterocycles. The molecule has 2 fully saturated rings. The minimum atomic E-state index is -3.24. The summed E-state index contributed by atoms with van der Waals surface area (Å²) in [6.07, 6.45) is 16.5. The van der Waals surface area contributed by atoms with Crippen LogP contribution >= 0.6 is 0 Å². The van der Waals surface area contributed by atoms with E-state index in [1.807, 2.05) is 18.2 Å². The predicted octanol–water partition coefficient (Wildman–Crippen LogP) is 5.24. The first-order valence-electron chi connectivity index (χ1n) is 11.4. The van der Waals surface area contributed by atoms with Crippen LogP contribution in [-0.4, -0.2) is 20.5 Å². The third-order valence-electron chi connectivity index (χ3n) is 8.76. The summed E-state index contributed by atoms with van der Waals surface area (Å²) < 4.78 is 23.6. The number of hydrogen-bond acceptors (Lipinski definition) is 3. The molecule has 0 N–H and O–H groups in total. The van der Waals surface area contributed by atoms with Crippen LogP contribution in [0.2, 0.25) is 0 Å². The van der Waals surface area contributed by atoms with Gasteiger partial charge >= 0.3 is 0 Å². The summed E-state index contributed by atoms with van der Waals surface area (Å²) in [5.41, 5.74) is 5.42. The van der Waals surface area contributed by atoms with Gasteiger partial charge in [-0.15, -0.1) is 12.3 Å². The maximum absolute atomic E-state index is 13.0. The van der Waals surface area contributed by atoms with Crippen LogP contribution in [0.25, 0.3) is 0 Å². The van der Waals surface area contributed by atoms with Crippen molar-refractivity contribution in [3.63, 3.8) is 0 Å². The van der Waals surface area contributed by atoms with Crippen LogP contribution in [0.1, 0.15) is 63.4 Å². The molecular weight excluding hydrogens is 404 g/mol. The highest BCUT2D eigenvalue weighted by molar-refractivity contribution is 7.90. The first kappa shape index (κ1) is 20.8. The maximum atomic E-state index is 13.0. The monoisotopic (exact) mass is 434 g/mol. The molecule has 4 aliphatic carbocycles. The van der Waals surface area contributed by atoms with E-state index >= 15 is 0 Å². The van der Waals surface area contributed by atoms with Crippen molar-refractivity contribution in [2.75, 3.05) is 6.26 Å². The lowest BCUT2D eigenvalue weighted by Gasteiger charge is -2.48. The number of fused-ring (bicyclic) bond motifs is 4. The number of ketones is 1. The van der Waals surface area contributed by atoms with Gasteiger partial charge in [0.15, 0.2) is 15.6 Å². The smallest absolute Gasteiger partial charge is 0.175 e. The zero-order valence-corrected chi connectivity index (χ0v) is 19.2. The molecule has 0 bridgehead atoms.